The van der Waals surface area contributed by atoms with Crippen LogP contribution >= 0.6 is 0 Å². The summed E-state index contributed by atoms with van der Waals surface area (Å²) in [7, 11) is 1.64. The maximum Gasteiger partial charge on any atom is 0.124 e. The number of nitrogens with one attached hydrogen (secondary N) is 1. The largest absolute Gasteiger partial charge is 0.491 e. The molecule has 1 rings (SSSR count). The zero-order valence-corrected chi connectivity index (χ0v) is 12.2. The fourth-order valence-electron chi connectivity index (χ4n) is 1.60. The molecule has 1 unspecified atom stereocenters. The molecule has 0 spiro atoms. The van der Waals surface area contributed by atoms with Gasteiger partial charge in [0, 0.05) is 19.2 Å². The Hall–Kier alpha value is -1.13. The third-order valence-electron chi connectivity index (χ3n) is 2.77. The topological polar surface area (TPSA) is 30.5 Å². The van der Waals surface area contributed by atoms with Crippen molar-refractivity contribution in [3.8, 4) is 5.75 Å². The van der Waals surface area contributed by atoms with Crippen molar-refractivity contribution in [1.82, 2.24) is 5.32 Å². The summed E-state index contributed by atoms with van der Waals surface area (Å²) in [4.78, 5) is 0. The SMILES string of the molecule is COC(C)COc1ccc(F)cc1CNCC(C)C. The van der Waals surface area contributed by atoms with Crippen LogP contribution < -0.4 is 10.1 Å². The standard InChI is InChI=1S/C15H24FNO2/c1-11(2)8-17-9-13-7-14(16)5-6-15(13)19-10-12(3)18-4/h5-7,11-12,17H,8-10H2,1-4H3. The van der Waals surface area contributed by atoms with Crippen molar-refractivity contribution in [3.05, 3.63) is 29.6 Å². The van der Waals surface area contributed by atoms with Crippen molar-refractivity contribution in [2.75, 3.05) is 20.3 Å². The molecule has 0 aliphatic carbocycles. The van der Waals surface area contributed by atoms with Crippen LogP contribution in [0.1, 0.15) is 26.3 Å². The van der Waals surface area contributed by atoms with Crippen LogP contribution in [0.3, 0.4) is 0 Å². The van der Waals surface area contributed by atoms with Gasteiger partial charge in [-0.05, 0) is 37.6 Å². The van der Waals surface area contributed by atoms with Crippen molar-refractivity contribution >= 4 is 0 Å². The van der Waals surface area contributed by atoms with Crippen LogP contribution in [-0.4, -0.2) is 26.4 Å². The number of hydrogen-bond donors (Lipinski definition) is 1. The van der Waals surface area contributed by atoms with Crippen LogP contribution in [0.25, 0.3) is 0 Å². The number of benzene rings is 1. The normalized spacial score (nSPS) is 12.7. The van der Waals surface area contributed by atoms with Gasteiger partial charge in [0.2, 0.25) is 0 Å². The van der Waals surface area contributed by atoms with E-state index in [1.807, 2.05) is 6.92 Å². The fraction of sp³-hybridized carbons (Fsp3) is 0.600. The Morgan fingerprint density at radius 2 is 2.00 bits per heavy atom. The van der Waals surface area contributed by atoms with Crippen LogP contribution in [0.4, 0.5) is 4.39 Å². The lowest BCUT2D eigenvalue weighted by Gasteiger charge is -2.15. The van der Waals surface area contributed by atoms with Crippen molar-refractivity contribution in [2.45, 2.75) is 33.4 Å². The van der Waals surface area contributed by atoms with Crippen LogP contribution in [-0.2, 0) is 11.3 Å². The molecule has 0 heterocycles. The summed E-state index contributed by atoms with van der Waals surface area (Å²) in [5.74, 6) is 1.03. The first-order valence-corrected chi connectivity index (χ1v) is 6.67. The predicted molar refractivity (Wildman–Crippen MR) is 74.9 cm³/mol. The van der Waals surface area contributed by atoms with Gasteiger partial charge in [0.05, 0.1) is 6.10 Å². The first kappa shape index (κ1) is 15.9. The second-order valence-corrected chi connectivity index (χ2v) is 5.13. The van der Waals surface area contributed by atoms with Gasteiger partial charge in [-0.15, -0.1) is 0 Å². The molecule has 0 saturated carbocycles. The van der Waals surface area contributed by atoms with Crippen LogP contribution in [0.5, 0.6) is 5.75 Å². The molecule has 0 aliphatic heterocycles. The van der Waals surface area contributed by atoms with E-state index in [1.54, 1.807) is 13.2 Å². The molecule has 0 fully saturated rings. The summed E-state index contributed by atoms with van der Waals surface area (Å²) in [6, 6.07) is 4.60. The van der Waals surface area contributed by atoms with Crippen molar-refractivity contribution < 1.29 is 13.9 Å². The third kappa shape index (κ3) is 6.03. The van der Waals surface area contributed by atoms with Crippen molar-refractivity contribution in [1.29, 1.82) is 0 Å². The third-order valence-corrected chi connectivity index (χ3v) is 2.77. The van der Waals surface area contributed by atoms with Crippen molar-refractivity contribution in [3.63, 3.8) is 0 Å². The Morgan fingerprint density at radius 1 is 1.26 bits per heavy atom. The molecule has 108 valence electrons. The number of rotatable bonds is 8. The first-order valence-electron chi connectivity index (χ1n) is 6.67. The number of methoxy groups -OCH3 is 1. The van der Waals surface area contributed by atoms with Crippen LogP contribution in [0, 0.1) is 11.7 Å². The molecule has 4 heteroatoms. The zero-order chi connectivity index (χ0) is 14.3. The maximum absolute atomic E-state index is 13.3. The lowest BCUT2D eigenvalue weighted by atomic mass is 10.1. The van der Waals surface area contributed by atoms with Gasteiger partial charge in [0.15, 0.2) is 0 Å². The van der Waals surface area contributed by atoms with Gasteiger partial charge in [-0.2, -0.15) is 0 Å². The highest BCUT2D eigenvalue weighted by Crippen LogP contribution is 2.20. The maximum atomic E-state index is 13.3. The summed E-state index contributed by atoms with van der Waals surface area (Å²) >= 11 is 0. The monoisotopic (exact) mass is 269 g/mol. The Labute approximate surface area is 115 Å². The molecule has 1 atom stereocenters. The second kappa shape index (κ2) is 8.12. The molecule has 19 heavy (non-hydrogen) atoms. The van der Waals surface area contributed by atoms with E-state index in [0.717, 1.165) is 12.1 Å². The summed E-state index contributed by atoms with van der Waals surface area (Å²) in [6.07, 6.45) is 0.0153. The van der Waals surface area contributed by atoms with E-state index in [1.165, 1.54) is 12.1 Å². The van der Waals surface area contributed by atoms with Gasteiger partial charge in [-0.1, -0.05) is 13.8 Å². The summed E-state index contributed by atoms with van der Waals surface area (Å²) in [5, 5.41) is 3.29. The Morgan fingerprint density at radius 3 is 2.63 bits per heavy atom. The Balaban J connectivity index is 2.63. The summed E-state index contributed by atoms with van der Waals surface area (Å²) in [6.45, 7) is 8.16. The summed E-state index contributed by atoms with van der Waals surface area (Å²) < 4.78 is 24.1. The molecular weight excluding hydrogens is 245 g/mol. The molecule has 0 amide bonds. The molecule has 0 radical (unpaired) electrons. The van der Waals surface area contributed by atoms with Gasteiger partial charge in [0.25, 0.3) is 0 Å². The van der Waals surface area contributed by atoms with Gasteiger partial charge in [-0.3, -0.25) is 0 Å². The highest BCUT2D eigenvalue weighted by Gasteiger charge is 2.08. The van der Waals surface area contributed by atoms with Gasteiger partial charge >= 0.3 is 0 Å². The molecule has 1 aromatic rings. The molecule has 0 aromatic heterocycles. The van der Waals surface area contributed by atoms with Crippen LogP contribution in [0.2, 0.25) is 0 Å². The van der Waals surface area contributed by atoms with Crippen LogP contribution in [0.15, 0.2) is 18.2 Å². The number of halogens is 1. The number of ether oxygens (including phenoxy) is 2. The summed E-state index contributed by atoms with van der Waals surface area (Å²) in [5.41, 5.74) is 0.837. The van der Waals surface area contributed by atoms with Gasteiger partial charge in [0.1, 0.15) is 18.2 Å². The average Bonchev–Trinajstić information content (AvgIpc) is 2.37. The highest BCUT2D eigenvalue weighted by atomic mass is 19.1. The fourth-order valence-corrected chi connectivity index (χ4v) is 1.60. The predicted octanol–water partition coefficient (Wildman–Crippen LogP) is 2.99. The molecule has 1 aromatic carbocycles. The molecule has 1 N–H and O–H groups in total. The zero-order valence-electron chi connectivity index (χ0n) is 12.2. The lowest BCUT2D eigenvalue weighted by molar-refractivity contribution is 0.0712. The Bertz CT molecular complexity index is 382. The van der Waals surface area contributed by atoms with E-state index < -0.39 is 0 Å². The molecule has 0 aliphatic rings. The first-order chi connectivity index (χ1) is 9.02. The molecule has 0 saturated heterocycles. The smallest absolute Gasteiger partial charge is 0.124 e. The average molecular weight is 269 g/mol. The second-order valence-electron chi connectivity index (χ2n) is 5.13. The number of hydrogen-bond acceptors (Lipinski definition) is 3. The van der Waals surface area contributed by atoms with Gasteiger partial charge in [-0.25, -0.2) is 4.39 Å². The van der Waals surface area contributed by atoms with E-state index >= 15 is 0 Å². The minimum Gasteiger partial charge on any atom is -0.491 e. The highest BCUT2D eigenvalue weighted by molar-refractivity contribution is 5.34. The lowest BCUT2D eigenvalue weighted by Crippen LogP contribution is -2.21. The Kier molecular flexibility index (Phi) is 6.81. The minimum atomic E-state index is -0.242. The van der Waals surface area contributed by atoms with E-state index in [-0.39, 0.29) is 11.9 Å². The molecule has 0 bridgehead atoms. The molecular formula is C15H24FNO2. The minimum absolute atomic E-state index is 0.0153. The van der Waals surface area contributed by atoms with E-state index in [9.17, 15) is 4.39 Å². The van der Waals surface area contributed by atoms with E-state index in [0.29, 0.717) is 24.8 Å². The van der Waals surface area contributed by atoms with Gasteiger partial charge < -0.3 is 14.8 Å². The van der Waals surface area contributed by atoms with E-state index in [4.69, 9.17) is 9.47 Å². The van der Waals surface area contributed by atoms with E-state index in [2.05, 4.69) is 19.2 Å². The molecule has 3 nitrogen and oxygen atoms in total. The van der Waals surface area contributed by atoms with Crippen molar-refractivity contribution in [2.24, 2.45) is 5.92 Å². The quantitative estimate of drug-likeness (QED) is 0.787.